The van der Waals surface area contributed by atoms with Crippen LogP contribution in [0.1, 0.15) is 42.9 Å². The third-order valence-electron chi connectivity index (χ3n) is 3.45. The van der Waals surface area contributed by atoms with Crippen molar-refractivity contribution in [3.05, 3.63) is 29.3 Å². The molecule has 0 saturated heterocycles. The number of rotatable bonds is 2. The highest BCUT2D eigenvalue weighted by molar-refractivity contribution is 5.48. The van der Waals surface area contributed by atoms with E-state index in [2.05, 4.69) is 0 Å². The van der Waals surface area contributed by atoms with E-state index in [-0.39, 0.29) is 11.8 Å². The highest BCUT2D eigenvalue weighted by atomic mass is 16.3. The molecule has 1 aromatic rings. The zero-order valence-electron chi connectivity index (χ0n) is 9.19. The number of nitrogens with two attached hydrogens (primary N) is 1. The minimum atomic E-state index is -0.143. The van der Waals surface area contributed by atoms with Crippen LogP contribution < -0.4 is 5.73 Å². The van der Waals surface area contributed by atoms with E-state index in [1.165, 1.54) is 12.8 Å². The molecule has 3 heteroatoms. The third kappa shape index (κ3) is 1.89. The zero-order chi connectivity index (χ0) is 11.5. The molecule has 1 atom stereocenters. The molecule has 0 spiro atoms. The smallest absolute Gasteiger partial charge is 0.138 e. The molecule has 0 radical (unpaired) electrons. The fourth-order valence-corrected chi connectivity index (χ4v) is 2.49. The van der Waals surface area contributed by atoms with Gasteiger partial charge >= 0.3 is 0 Å². The number of para-hydroxylation sites is 1. The molecular weight excluding hydrogens is 200 g/mol. The number of nitriles is 1. The summed E-state index contributed by atoms with van der Waals surface area (Å²) in [4.78, 5) is 0. The van der Waals surface area contributed by atoms with Gasteiger partial charge in [-0.05, 0) is 24.8 Å². The Morgan fingerprint density at radius 1 is 1.38 bits per heavy atom. The Labute approximate surface area is 95.5 Å². The average molecular weight is 216 g/mol. The number of phenols is 1. The van der Waals surface area contributed by atoms with Crippen molar-refractivity contribution >= 4 is 0 Å². The average Bonchev–Trinajstić information content (AvgIpc) is 2.82. The Balaban J connectivity index is 2.29. The molecule has 0 aliphatic heterocycles. The maximum Gasteiger partial charge on any atom is 0.138 e. The summed E-state index contributed by atoms with van der Waals surface area (Å²) in [6, 6.07) is 7.04. The first-order valence-electron chi connectivity index (χ1n) is 5.71. The number of phenolic OH excluding ortho intramolecular Hbond substituents is 1. The third-order valence-corrected chi connectivity index (χ3v) is 3.45. The number of hydrogen-bond acceptors (Lipinski definition) is 3. The van der Waals surface area contributed by atoms with Crippen molar-refractivity contribution in [3.8, 4) is 11.8 Å². The normalized spacial score (nSPS) is 18.2. The molecule has 1 fully saturated rings. The van der Waals surface area contributed by atoms with E-state index in [0.29, 0.717) is 17.0 Å². The monoisotopic (exact) mass is 216 g/mol. The first-order chi connectivity index (χ1) is 7.74. The van der Waals surface area contributed by atoms with Gasteiger partial charge in [0.05, 0.1) is 5.56 Å². The van der Waals surface area contributed by atoms with E-state index in [1.54, 1.807) is 12.1 Å². The molecule has 3 nitrogen and oxygen atoms in total. The van der Waals surface area contributed by atoms with Crippen LogP contribution in [0.25, 0.3) is 0 Å². The van der Waals surface area contributed by atoms with Crippen molar-refractivity contribution in [3.63, 3.8) is 0 Å². The number of nitrogens with zero attached hydrogens (tertiary/aromatic N) is 1. The van der Waals surface area contributed by atoms with Crippen LogP contribution in [0.3, 0.4) is 0 Å². The van der Waals surface area contributed by atoms with E-state index < -0.39 is 0 Å². The van der Waals surface area contributed by atoms with E-state index in [1.807, 2.05) is 12.1 Å². The molecule has 0 bridgehead atoms. The number of hydrogen-bond donors (Lipinski definition) is 2. The van der Waals surface area contributed by atoms with Crippen molar-refractivity contribution in [2.75, 3.05) is 0 Å². The van der Waals surface area contributed by atoms with Crippen molar-refractivity contribution in [2.24, 2.45) is 11.7 Å². The lowest BCUT2D eigenvalue weighted by Crippen LogP contribution is -2.19. The van der Waals surface area contributed by atoms with Gasteiger partial charge in [0.25, 0.3) is 0 Å². The quantitative estimate of drug-likeness (QED) is 0.797. The second-order valence-corrected chi connectivity index (χ2v) is 4.43. The van der Waals surface area contributed by atoms with Crippen molar-refractivity contribution < 1.29 is 5.11 Å². The van der Waals surface area contributed by atoms with Gasteiger partial charge in [0.1, 0.15) is 11.8 Å². The van der Waals surface area contributed by atoms with Crippen LogP contribution in [0.15, 0.2) is 18.2 Å². The largest absolute Gasteiger partial charge is 0.506 e. The molecule has 2 rings (SSSR count). The summed E-state index contributed by atoms with van der Waals surface area (Å²) in [7, 11) is 0. The first kappa shape index (κ1) is 11.0. The van der Waals surface area contributed by atoms with E-state index in [0.717, 1.165) is 12.8 Å². The molecule has 1 aromatic carbocycles. The summed E-state index contributed by atoms with van der Waals surface area (Å²) in [5.41, 5.74) is 7.18. The Hall–Kier alpha value is -1.53. The molecule has 0 heterocycles. The topological polar surface area (TPSA) is 70.0 Å². The van der Waals surface area contributed by atoms with Crippen molar-refractivity contribution in [1.82, 2.24) is 0 Å². The van der Waals surface area contributed by atoms with E-state index >= 15 is 0 Å². The molecule has 3 N–H and O–H groups in total. The molecule has 84 valence electrons. The Morgan fingerprint density at radius 3 is 2.69 bits per heavy atom. The Morgan fingerprint density at radius 2 is 2.06 bits per heavy atom. The highest BCUT2D eigenvalue weighted by Gasteiger charge is 2.25. The summed E-state index contributed by atoms with van der Waals surface area (Å²) in [6.45, 7) is 0. The Kier molecular flexibility index (Phi) is 3.12. The summed E-state index contributed by atoms with van der Waals surface area (Å²) < 4.78 is 0. The molecule has 1 aliphatic carbocycles. The van der Waals surface area contributed by atoms with Gasteiger partial charge in [-0.1, -0.05) is 25.0 Å². The number of benzene rings is 1. The van der Waals surface area contributed by atoms with Crippen LogP contribution in [0, 0.1) is 17.2 Å². The summed E-state index contributed by atoms with van der Waals surface area (Å²) in [5.74, 6) is 0.504. The SMILES string of the molecule is N#Cc1cccc([C@H](N)C2CCCC2)c1O. The predicted molar refractivity (Wildman–Crippen MR) is 61.7 cm³/mol. The van der Waals surface area contributed by atoms with Crippen molar-refractivity contribution in [2.45, 2.75) is 31.7 Å². The van der Waals surface area contributed by atoms with Crippen molar-refractivity contribution in [1.29, 1.82) is 5.26 Å². The number of aromatic hydroxyl groups is 1. The fraction of sp³-hybridized carbons (Fsp3) is 0.462. The van der Waals surface area contributed by atoms with Crippen LogP contribution in [0.5, 0.6) is 5.75 Å². The summed E-state index contributed by atoms with van der Waals surface area (Å²) in [6.07, 6.45) is 4.68. The van der Waals surface area contributed by atoms with Gasteiger partial charge < -0.3 is 10.8 Å². The van der Waals surface area contributed by atoms with Crippen LogP contribution in [0.4, 0.5) is 0 Å². The molecule has 0 unspecified atom stereocenters. The second kappa shape index (κ2) is 4.54. The lowest BCUT2D eigenvalue weighted by atomic mass is 9.91. The molecule has 0 amide bonds. The molecule has 16 heavy (non-hydrogen) atoms. The van der Waals surface area contributed by atoms with Gasteiger partial charge in [0.15, 0.2) is 0 Å². The zero-order valence-corrected chi connectivity index (χ0v) is 9.19. The van der Waals surface area contributed by atoms with Crippen LogP contribution in [0.2, 0.25) is 0 Å². The van der Waals surface area contributed by atoms with E-state index in [9.17, 15) is 5.11 Å². The molecular formula is C13H16N2O. The molecule has 0 aromatic heterocycles. The summed E-state index contributed by atoms with van der Waals surface area (Å²) in [5, 5.41) is 18.8. The van der Waals surface area contributed by atoms with E-state index in [4.69, 9.17) is 11.0 Å². The maximum atomic E-state index is 9.92. The van der Waals surface area contributed by atoms with Gasteiger partial charge in [0.2, 0.25) is 0 Å². The van der Waals surface area contributed by atoms with Gasteiger partial charge in [0, 0.05) is 11.6 Å². The van der Waals surface area contributed by atoms with Gasteiger partial charge in [-0.2, -0.15) is 5.26 Å². The lowest BCUT2D eigenvalue weighted by Gasteiger charge is -2.20. The highest BCUT2D eigenvalue weighted by Crippen LogP contribution is 2.37. The minimum absolute atomic E-state index is 0.0596. The minimum Gasteiger partial charge on any atom is -0.506 e. The van der Waals surface area contributed by atoms with Crippen LogP contribution >= 0.6 is 0 Å². The maximum absolute atomic E-state index is 9.92. The Bertz CT molecular complexity index is 416. The van der Waals surface area contributed by atoms with Crippen LogP contribution in [-0.2, 0) is 0 Å². The molecule has 1 saturated carbocycles. The fourth-order valence-electron chi connectivity index (χ4n) is 2.49. The van der Waals surface area contributed by atoms with Gasteiger partial charge in [-0.25, -0.2) is 0 Å². The second-order valence-electron chi connectivity index (χ2n) is 4.43. The standard InChI is InChI=1S/C13H16N2O/c14-8-10-6-3-7-11(13(10)16)12(15)9-4-1-2-5-9/h3,6-7,9,12,16H,1-2,4-5,15H2/t12-/m1/s1. The first-order valence-corrected chi connectivity index (χ1v) is 5.71. The van der Waals surface area contributed by atoms with Gasteiger partial charge in [-0.3, -0.25) is 0 Å². The summed E-state index contributed by atoms with van der Waals surface area (Å²) >= 11 is 0. The molecule has 1 aliphatic rings. The lowest BCUT2D eigenvalue weighted by molar-refractivity contribution is 0.411. The predicted octanol–water partition coefficient (Wildman–Crippen LogP) is 2.45. The van der Waals surface area contributed by atoms with Crippen LogP contribution in [-0.4, -0.2) is 5.11 Å². The van der Waals surface area contributed by atoms with Gasteiger partial charge in [-0.15, -0.1) is 0 Å².